The third-order valence-electron chi connectivity index (χ3n) is 2.27. The standard InChI is InChI=1S/C11H17ClN2/c1-8-5-9(3-4-14-2)6-10(7-13)11(8)12/h5-6,14H,3-4,7,13H2,1-2H3. The second-order valence-electron chi connectivity index (χ2n) is 3.44. The normalized spacial score (nSPS) is 10.6. The molecule has 0 saturated heterocycles. The van der Waals surface area contributed by atoms with Crippen molar-refractivity contribution in [3.05, 3.63) is 33.8 Å². The van der Waals surface area contributed by atoms with Crippen LogP contribution in [0.25, 0.3) is 0 Å². The molecule has 3 heteroatoms. The van der Waals surface area contributed by atoms with Gasteiger partial charge in [0, 0.05) is 11.6 Å². The van der Waals surface area contributed by atoms with Gasteiger partial charge in [-0.3, -0.25) is 0 Å². The number of halogens is 1. The maximum absolute atomic E-state index is 6.10. The molecule has 0 aliphatic rings. The summed E-state index contributed by atoms with van der Waals surface area (Å²) in [6, 6.07) is 4.21. The van der Waals surface area contributed by atoms with E-state index in [4.69, 9.17) is 17.3 Å². The summed E-state index contributed by atoms with van der Waals surface area (Å²) >= 11 is 6.10. The van der Waals surface area contributed by atoms with Gasteiger partial charge in [-0.25, -0.2) is 0 Å². The lowest BCUT2D eigenvalue weighted by Gasteiger charge is -2.09. The number of rotatable bonds is 4. The van der Waals surface area contributed by atoms with Gasteiger partial charge in [-0.2, -0.15) is 0 Å². The number of hydrogen-bond acceptors (Lipinski definition) is 2. The van der Waals surface area contributed by atoms with Crippen LogP contribution in [0.3, 0.4) is 0 Å². The third-order valence-corrected chi connectivity index (χ3v) is 2.81. The first kappa shape index (κ1) is 11.5. The summed E-state index contributed by atoms with van der Waals surface area (Å²) in [4.78, 5) is 0. The van der Waals surface area contributed by atoms with Gasteiger partial charge < -0.3 is 11.1 Å². The molecule has 0 atom stereocenters. The average Bonchev–Trinajstić information content (AvgIpc) is 2.19. The van der Waals surface area contributed by atoms with Crippen LogP contribution >= 0.6 is 11.6 Å². The summed E-state index contributed by atoms with van der Waals surface area (Å²) in [6.07, 6.45) is 1.02. The Morgan fingerprint density at radius 1 is 1.43 bits per heavy atom. The molecule has 2 nitrogen and oxygen atoms in total. The van der Waals surface area contributed by atoms with E-state index in [0.717, 1.165) is 29.1 Å². The molecule has 0 aromatic heterocycles. The number of nitrogens with two attached hydrogens (primary N) is 1. The van der Waals surface area contributed by atoms with Gasteiger partial charge in [-0.1, -0.05) is 23.7 Å². The van der Waals surface area contributed by atoms with E-state index in [1.54, 1.807) is 0 Å². The molecule has 0 spiro atoms. The van der Waals surface area contributed by atoms with E-state index in [1.165, 1.54) is 5.56 Å². The highest BCUT2D eigenvalue weighted by Gasteiger charge is 2.04. The second-order valence-corrected chi connectivity index (χ2v) is 3.82. The van der Waals surface area contributed by atoms with Crippen molar-refractivity contribution in [2.75, 3.05) is 13.6 Å². The zero-order chi connectivity index (χ0) is 10.6. The fourth-order valence-corrected chi connectivity index (χ4v) is 1.67. The Balaban J connectivity index is 2.91. The van der Waals surface area contributed by atoms with E-state index < -0.39 is 0 Å². The molecule has 1 aromatic carbocycles. The summed E-state index contributed by atoms with van der Waals surface area (Å²) in [5.74, 6) is 0. The molecule has 0 radical (unpaired) electrons. The van der Waals surface area contributed by atoms with E-state index in [9.17, 15) is 0 Å². The summed E-state index contributed by atoms with van der Waals surface area (Å²) in [5, 5.41) is 3.93. The molecule has 0 unspecified atom stereocenters. The molecule has 1 rings (SSSR count). The van der Waals surface area contributed by atoms with Crippen molar-refractivity contribution >= 4 is 11.6 Å². The van der Waals surface area contributed by atoms with Crippen molar-refractivity contribution in [1.29, 1.82) is 0 Å². The van der Waals surface area contributed by atoms with Crippen LogP contribution < -0.4 is 11.1 Å². The number of nitrogens with one attached hydrogen (secondary N) is 1. The van der Waals surface area contributed by atoms with Crippen LogP contribution in [0.5, 0.6) is 0 Å². The summed E-state index contributed by atoms with van der Waals surface area (Å²) < 4.78 is 0. The first-order valence-corrected chi connectivity index (χ1v) is 5.19. The molecule has 0 saturated carbocycles. The third kappa shape index (κ3) is 2.71. The zero-order valence-corrected chi connectivity index (χ0v) is 9.49. The smallest absolute Gasteiger partial charge is 0.0480 e. The molecule has 0 amide bonds. The van der Waals surface area contributed by atoms with Gasteiger partial charge in [0.2, 0.25) is 0 Å². The van der Waals surface area contributed by atoms with Crippen LogP contribution in [0, 0.1) is 6.92 Å². The molecule has 0 heterocycles. The van der Waals surface area contributed by atoms with Crippen LogP contribution in [0.1, 0.15) is 16.7 Å². The minimum Gasteiger partial charge on any atom is -0.326 e. The van der Waals surface area contributed by atoms with Crippen LogP contribution in [0.15, 0.2) is 12.1 Å². The van der Waals surface area contributed by atoms with E-state index in [2.05, 4.69) is 17.4 Å². The molecular formula is C11H17ClN2. The second kappa shape index (κ2) is 5.35. The molecule has 0 aliphatic carbocycles. The Kier molecular flexibility index (Phi) is 4.39. The van der Waals surface area contributed by atoms with Crippen LogP contribution in [0.4, 0.5) is 0 Å². The van der Waals surface area contributed by atoms with E-state index >= 15 is 0 Å². The Morgan fingerprint density at radius 2 is 2.14 bits per heavy atom. The lowest BCUT2D eigenvalue weighted by molar-refractivity contribution is 0.790. The van der Waals surface area contributed by atoms with Crippen molar-refractivity contribution in [3.8, 4) is 0 Å². The molecule has 14 heavy (non-hydrogen) atoms. The predicted molar refractivity (Wildman–Crippen MR) is 61.7 cm³/mol. The van der Waals surface area contributed by atoms with E-state index in [-0.39, 0.29) is 0 Å². The minimum absolute atomic E-state index is 0.507. The van der Waals surface area contributed by atoms with Crippen molar-refractivity contribution in [1.82, 2.24) is 5.32 Å². The quantitative estimate of drug-likeness (QED) is 0.800. The SMILES string of the molecule is CNCCc1cc(C)c(Cl)c(CN)c1. The monoisotopic (exact) mass is 212 g/mol. The lowest BCUT2D eigenvalue weighted by atomic mass is 10.0. The highest BCUT2D eigenvalue weighted by molar-refractivity contribution is 6.32. The predicted octanol–water partition coefficient (Wildman–Crippen LogP) is 1.87. The van der Waals surface area contributed by atoms with Crippen molar-refractivity contribution in [3.63, 3.8) is 0 Å². The van der Waals surface area contributed by atoms with Gasteiger partial charge in [0.1, 0.15) is 0 Å². The number of hydrogen-bond donors (Lipinski definition) is 2. The maximum atomic E-state index is 6.10. The fraction of sp³-hybridized carbons (Fsp3) is 0.455. The number of aryl methyl sites for hydroxylation is 1. The largest absolute Gasteiger partial charge is 0.326 e. The van der Waals surface area contributed by atoms with E-state index in [0.29, 0.717) is 6.54 Å². The van der Waals surface area contributed by atoms with E-state index in [1.807, 2.05) is 14.0 Å². The first-order valence-electron chi connectivity index (χ1n) is 4.81. The Morgan fingerprint density at radius 3 is 2.71 bits per heavy atom. The molecule has 0 aliphatic heterocycles. The molecule has 78 valence electrons. The molecule has 3 N–H and O–H groups in total. The fourth-order valence-electron chi connectivity index (χ4n) is 1.49. The van der Waals surface area contributed by atoms with Gasteiger partial charge in [0.25, 0.3) is 0 Å². The van der Waals surface area contributed by atoms with Crippen LogP contribution in [0.2, 0.25) is 5.02 Å². The summed E-state index contributed by atoms with van der Waals surface area (Å²) in [6.45, 7) is 3.50. The summed E-state index contributed by atoms with van der Waals surface area (Å²) in [5.41, 5.74) is 9.06. The van der Waals surface area contributed by atoms with Gasteiger partial charge in [0.05, 0.1) is 0 Å². The molecule has 0 fully saturated rings. The molecule has 1 aromatic rings. The minimum atomic E-state index is 0.507. The highest BCUT2D eigenvalue weighted by Crippen LogP contribution is 2.22. The first-order chi connectivity index (χ1) is 6.69. The van der Waals surface area contributed by atoms with Gasteiger partial charge in [0.15, 0.2) is 0 Å². The van der Waals surface area contributed by atoms with Crippen molar-refractivity contribution in [2.45, 2.75) is 19.9 Å². The Hall–Kier alpha value is -0.570. The van der Waals surface area contributed by atoms with Crippen LogP contribution in [-0.2, 0) is 13.0 Å². The summed E-state index contributed by atoms with van der Waals surface area (Å²) in [7, 11) is 1.95. The highest BCUT2D eigenvalue weighted by atomic mass is 35.5. The maximum Gasteiger partial charge on any atom is 0.0480 e. The molecule has 0 bridgehead atoms. The Bertz CT molecular complexity index is 310. The average molecular weight is 213 g/mol. The van der Waals surface area contributed by atoms with Gasteiger partial charge in [-0.15, -0.1) is 0 Å². The molecular weight excluding hydrogens is 196 g/mol. The van der Waals surface area contributed by atoms with Gasteiger partial charge in [-0.05, 0) is 43.6 Å². The van der Waals surface area contributed by atoms with Crippen molar-refractivity contribution < 1.29 is 0 Å². The van der Waals surface area contributed by atoms with Crippen LogP contribution in [-0.4, -0.2) is 13.6 Å². The zero-order valence-electron chi connectivity index (χ0n) is 8.73. The topological polar surface area (TPSA) is 38.0 Å². The van der Waals surface area contributed by atoms with Crippen molar-refractivity contribution in [2.24, 2.45) is 5.73 Å². The number of benzene rings is 1. The van der Waals surface area contributed by atoms with Gasteiger partial charge >= 0.3 is 0 Å². The Labute approximate surface area is 90.4 Å². The lowest BCUT2D eigenvalue weighted by Crippen LogP contribution is -2.11. The number of likely N-dealkylation sites (N-methyl/N-ethyl adjacent to an activating group) is 1.